The van der Waals surface area contributed by atoms with E-state index in [-0.39, 0.29) is 6.04 Å². The fourth-order valence-electron chi connectivity index (χ4n) is 2.09. The van der Waals surface area contributed by atoms with Gasteiger partial charge in [0.25, 0.3) is 0 Å². The topological polar surface area (TPSA) is 55.0 Å². The van der Waals surface area contributed by atoms with Crippen LogP contribution in [0.15, 0.2) is 30.5 Å². The Labute approximate surface area is 114 Å². The molecule has 102 valence electrons. The lowest BCUT2D eigenvalue weighted by molar-refractivity contribution is 0.466. The summed E-state index contributed by atoms with van der Waals surface area (Å²) in [6, 6.07) is 8.32. The van der Waals surface area contributed by atoms with E-state index in [2.05, 4.69) is 42.1 Å². The number of fused-ring (bicyclic) bond motifs is 1. The zero-order chi connectivity index (χ0) is 13.8. The van der Waals surface area contributed by atoms with Crippen molar-refractivity contribution in [1.82, 2.24) is 10.2 Å². The molecule has 4 nitrogen and oxygen atoms in total. The van der Waals surface area contributed by atoms with E-state index in [0.717, 1.165) is 29.6 Å². The summed E-state index contributed by atoms with van der Waals surface area (Å²) in [6.07, 6.45) is 2.80. The van der Waals surface area contributed by atoms with E-state index >= 15 is 0 Å². The minimum atomic E-state index is 0.239. The fourth-order valence-corrected chi connectivity index (χ4v) is 2.09. The Morgan fingerprint density at radius 3 is 2.74 bits per heavy atom. The number of nitrogens with two attached hydrogens (primary N) is 1. The van der Waals surface area contributed by atoms with Crippen molar-refractivity contribution in [2.75, 3.05) is 18.5 Å². The third-order valence-electron chi connectivity index (χ3n) is 3.59. The van der Waals surface area contributed by atoms with Crippen LogP contribution in [0.1, 0.15) is 20.3 Å². The van der Waals surface area contributed by atoms with Crippen molar-refractivity contribution in [1.29, 1.82) is 0 Å². The van der Waals surface area contributed by atoms with Crippen molar-refractivity contribution in [3.63, 3.8) is 0 Å². The first-order valence-corrected chi connectivity index (χ1v) is 6.76. The normalized spacial score (nSPS) is 12.9. The lowest BCUT2D eigenvalue weighted by Gasteiger charge is -2.23. The average molecular weight is 258 g/mol. The van der Waals surface area contributed by atoms with Gasteiger partial charge >= 0.3 is 0 Å². The second-order valence-electron chi connectivity index (χ2n) is 5.37. The molecule has 2 aromatic rings. The highest BCUT2D eigenvalue weighted by Crippen LogP contribution is 2.23. The van der Waals surface area contributed by atoms with Gasteiger partial charge in [-0.05, 0) is 18.4 Å². The van der Waals surface area contributed by atoms with Crippen molar-refractivity contribution in [2.24, 2.45) is 11.7 Å². The van der Waals surface area contributed by atoms with Crippen molar-refractivity contribution in [3.8, 4) is 0 Å². The Morgan fingerprint density at radius 2 is 2.00 bits per heavy atom. The molecule has 0 aliphatic carbocycles. The molecule has 19 heavy (non-hydrogen) atoms. The van der Waals surface area contributed by atoms with E-state index in [4.69, 9.17) is 5.73 Å². The first-order valence-electron chi connectivity index (χ1n) is 6.76. The number of hydrogen-bond acceptors (Lipinski definition) is 4. The Balaban J connectivity index is 2.15. The summed E-state index contributed by atoms with van der Waals surface area (Å²) in [7, 11) is 2.08. The highest BCUT2D eigenvalue weighted by atomic mass is 15.1. The molecule has 0 saturated heterocycles. The zero-order valence-corrected chi connectivity index (χ0v) is 11.9. The third-order valence-corrected chi connectivity index (χ3v) is 3.59. The highest BCUT2D eigenvalue weighted by Gasteiger charge is 2.11. The van der Waals surface area contributed by atoms with Crippen LogP contribution < -0.4 is 10.6 Å². The van der Waals surface area contributed by atoms with Crippen molar-refractivity contribution >= 4 is 16.6 Å². The molecule has 4 heteroatoms. The lowest BCUT2D eigenvalue weighted by Crippen LogP contribution is -2.31. The minimum Gasteiger partial charge on any atom is -0.373 e. The van der Waals surface area contributed by atoms with Crippen LogP contribution in [0, 0.1) is 5.92 Å². The summed E-state index contributed by atoms with van der Waals surface area (Å²) in [5.74, 6) is 0.515. The molecule has 1 atom stereocenters. The second-order valence-corrected chi connectivity index (χ2v) is 5.37. The molecule has 2 rings (SSSR count). The average Bonchev–Trinajstić information content (AvgIpc) is 2.43. The van der Waals surface area contributed by atoms with Crippen LogP contribution in [-0.2, 0) is 0 Å². The summed E-state index contributed by atoms with van der Waals surface area (Å²) < 4.78 is 0. The summed E-state index contributed by atoms with van der Waals surface area (Å²) in [5, 5.41) is 9.36. The van der Waals surface area contributed by atoms with Crippen molar-refractivity contribution in [2.45, 2.75) is 26.3 Å². The lowest BCUT2D eigenvalue weighted by atomic mass is 10.0. The largest absolute Gasteiger partial charge is 0.373 e. The van der Waals surface area contributed by atoms with Crippen molar-refractivity contribution in [3.05, 3.63) is 30.5 Å². The Bertz CT molecular complexity index is 533. The van der Waals surface area contributed by atoms with Crippen LogP contribution in [-0.4, -0.2) is 29.8 Å². The first-order chi connectivity index (χ1) is 9.09. The number of rotatable bonds is 5. The van der Waals surface area contributed by atoms with Crippen LogP contribution in [0.4, 0.5) is 5.69 Å². The molecule has 0 aliphatic rings. The number of aromatic nitrogens is 2. The van der Waals surface area contributed by atoms with Gasteiger partial charge < -0.3 is 10.6 Å². The predicted octanol–water partition coefficient (Wildman–Crippen LogP) is 2.44. The molecule has 1 aromatic carbocycles. The van der Waals surface area contributed by atoms with Gasteiger partial charge in [0.15, 0.2) is 0 Å². The quantitative estimate of drug-likeness (QED) is 0.895. The van der Waals surface area contributed by atoms with Gasteiger partial charge in [0.1, 0.15) is 0 Å². The van der Waals surface area contributed by atoms with Crippen LogP contribution >= 0.6 is 0 Å². The monoisotopic (exact) mass is 258 g/mol. The molecule has 1 heterocycles. The van der Waals surface area contributed by atoms with Crippen LogP contribution in [0.25, 0.3) is 10.9 Å². The molecular weight excluding hydrogens is 236 g/mol. The van der Waals surface area contributed by atoms with Crippen molar-refractivity contribution < 1.29 is 0 Å². The van der Waals surface area contributed by atoms with Gasteiger partial charge in [0, 0.05) is 25.0 Å². The molecular formula is C15H22N4. The Hall–Kier alpha value is -1.68. The highest BCUT2D eigenvalue weighted by molar-refractivity contribution is 5.90. The summed E-state index contributed by atoms with van der Waals surface area (Å²) in [5.41, 5.74) is 8.14. The maximum absolute atomic E-state index is 6.10. The molecule has 0 bridgehead atoms. The molecule has 1 unspecified atom stereocenters. The van der Waals surface area contributed by atoms with E-state index in [9.17, 15) is 0 Å². The number of anilines is 1. The van der Waals surface area contributed by atoms with Gasteiger partial charge in [0.05, 0.1) is 17.4 Å². The number of nitrogens with zero attached hydrogens (tertiary/aromatic N) is 3. The van der Waals surface area contributed by atoms with Gasteiger partial charge in [-0.1, -0.05) is 32.0 Å². The molecule has 0 amide bonds. The van der Waals surface area contributed by atoms with E-state index < -0.39 is 0 Å². The summed E-state index contributed by atoms with van der Waals surface area (Å²) in [6.45, 7) is 5.25. The van der Waals surface area contributed by atoms with E-state index in [1.165, 1.54) is 0 Å². The fraction of sp³-hybridized carbons (Fsp3) is 0.467. The van der Waals surface area contributed by atoms with Gasteiger partial charge in [-0.2, -0.15) is 10.2 Å². The zero-order valence-electron chi connectivity index (χ0n) is 11.9. The van der Waals surface area contributed by atoms with Gasteiger partial charge in [-0.15, -0.1) is 0 Å². The Morgan fingerprint density at radius 1 is 1.26 bits per heavy atom. The van der Waals surface area contributed by atoms with E-state index in [1.807, 2.05) is 24.4 Å². The number of benzene rings is 1. The Kier molecular flexibility index (Phi) is 4.32. The molecule has 0 fully saturated rings. The molecule has 0 spiro atoms. The third kappa shape index (κ3) is 3.20. The molecule has 2 N–H and O–H groups in total. The van der Waals surface area contributed by atoms with Crippen LogP contribution in [0.5, 0.6) is 0 Å². The minimum absolute atomic E-state index is 0.239. The van der Waals surface area contributed by atoms with Crippen LogP contribution in [0.3, 0.4) is 0 Å². The molecule has 0 radical (unpaired) electrons. The predicted molar refractivity (Wildman–Crippen MR) is 80.2 cm³/mol. The maximum Gasteiger partial charge on any atom is 0.0950 e. The van der Waals surface area contributed by atoms with Gasteiger partial charge in [0.2, 0.25) is 0 Å². The summed E-state index contributed by atoms with van der Waals surface area (Å²) >= 11 is 0. The van der Waals surface area contributed by atoms with E-state index in [0.29, 0.717) is 5.92 Å². The molecule has 0 saturated carbocycles. The maximum atomic E-state index is 6.10. The number of hydrogen-bond donors (Lipinski definition) is 1. The molecule has 0 aliphatic heterocycles. The molecule has 1 aromatic heterocycles. The smallest absolute Gasteiger partial charge is 0.0950 e. The SMILES string of the molecule is CC(C)C(N)CCN(C)c1cnnc2ccccc12. The second kappa shape index (κ2) is 5.97. The van der Waals surface area contributed by atoms with Gasteiger partial charge in [-0.3, -0.25) is 0 Å². The summed E-state index contributed by atoms with van der Waals surface area (Å²) in [4.78, 5) is 2.21. The van der Waals surface area contributed by atoms with E-state index in [1.54, 1.807) is 0 Å². The standard InChI is InChI=1S/C15H22N4/c1-11(2)13(16)8-9-19(3)15-10-17-18-14-7-5-4-6-12(14)15/h4-7,10-11,13H,8-9,16H2,1-3H3. The first kappa shape index (κ1) is 13.7. The van der Waals surface area contributed by atoms with Crippen LogP contribution in [0.2, 0.25) is 0 Å². The van der Waals surface area contributed by atoms with Gasteiger partial charge in [-0.25, -0.2) is 0 Å².